The topological polar surface area (TPSA) is 40.5 Å². The Bertz CT molecular complexity index is 220. The first-order valence-corrected chi connectivity index (χ1v) is 5.72. The Morgan fingerprint density at radius 1 is 1.77 bits per heavy atom. The monoisotopic (exact) mass is 219 g/mol. The van der Waals surface area contributed by atoms with E-state index < -0.39 is 5.97 Å². The molecule has 0 amide bonds. The van der Waals surface area contributed by atoms with E-state index in [9.17, 15) is 4.79 Å². The van der Waals surface area contributed by atoms with Crippen molar-refractivity contribution in [3.63, 3.8) is 0 Å². The first kappa shape index (κ1) is 10.8. The van der Waals surface area contributed by atoms with Crippen LogP contribution >= 0.6 is 24.0 Å². The van der Waals surface area contributed by atoms with Gasteiger partial charge in [-0.3, -0.25) is 0 Å². The molecule has 74 valence electrons. The third-order valence-electron chi connectivity index (χ3n) is 2.04. The molecule has 0 saturated carbocycles. The van der Waals surface area contributed by atoms with E-state index in [1.54, 1.807) is 11.8 Å². The Hall–Kier alpha value is -0.290. The summed E-state index contributed by atoms with van der Waals surface area (Å²) in [4.78, 5) is 12.6. The van der Waals surface area contributed by atoms with E-state index in [4.69, 9.17) is 17.3 Å². The smallest absolute Gasteiger partial charge is 0.326 e. The maximum Gasteiger partial charge on any atom is 0.326 e. The Morgan fingerprint density at radius 3 is 3.00 bits per heavy atom. The van der Waals surface area contributed by atoms with Gasteiger partial charge in [-0.15, -0.1) is 0 Å². The fourth-order valence-electron chi connectivity index (χ4n) is 1.45. The van der Waals surface area contributed by atoms with Crippen LogP contribution in [0, 0.1) is 0 Å². The minimum absolute atomic E-state index is 0.383. The molecular weight excluding hydrogens is 206 g/mol. The summed E-state index contributed by atoms with van der Waals surface area (Å²) in [5.74, 6) is 0.151. The number of thiocarbonyl (C=S) groups is 1. The normalized spacial score (nSPS) is 21.9. The molecule has 5 heteroatoms. The van der Waals surface area contributed by atoms with Crippen molar-refractivity contribution in [1.82, 2.24) is 4.90 Å². The fraction of sp³-hybridized carbons (Fsp3) is 0.750. The minimum Gasteiger partial charge on any atom is -0.480 e. The number of thioether (sulfide) groups is 1. The van der Waals surface area contributed by atoms with Crippen LogP contribution in [0.4, 0.5) is 0 Å². The van der Waals surface area contributed by atoms with Gasteiger partial charge in [0.1, 0.15) is 10.4 Å². The number of carbonyl (C=O) groups is 1. The van der Waals surface area contributed by atoms with Crippen molar-refractivity contribution in [1.29, 1.82) is 0 Å². The van der Waals surface area contributed by atoms with Crippen molar-refractivity contribution in [3.05, 3.63) is 0 Å². The fourth-order valence-corrected chi connectivity index (χ4v) is 2.65. The second-order valence-corrected chi connectivity index (χ2v) is 4.79. The van der Waals surface area contributed by atoms with Gasteiger partial charge >= 0.3 is 5.97 Å². The maximum absolute atomic E-state index is 10.8. The SMILES string of the molecule is CCSC(=S)N1CCC[C@H]1C(=O)O. The van der Waals surface area contributed by atoms with Crippen molar-refractivity contribution < 1.29 is 9.90 Å². The molecule has 1 saturated heterocycles. The van der Waals surface area contributed by atoms with Crippen LogP contribution in [0.3, 0.4) is 0 Å². The van der Waals surface area contributed by atoms with Gasteiger partial charge < -0.3 is 10.0 Å². The van der Waals surface area contributed by atoms with Crippen molar-refractivity contribution in [3.8, 4) is 0 Å². The molecule has 0 aliphatic carbocycles. The Kier molecular flexibility index (Phi) is 3.99. The number of carboxylic acid groups (broad SMARTS) is 1. The number of hydrogen-bond donors (Lipinski definition) is 1. The van der Waals surface area contributed by atoms with Crippen molar-refractivity contribution >= 4 is 34.3 Å². The zero-order chi connectivity index (χ0) is 9.84. The summed E-state index contributed by atoms with van der Waals surface area (Å²) in [6.45, 7) is 2.81. The van der Waals surface area contributed by atoms with E-state index in [0.717, 1.165) is 29.5 Å². The molecule has 0 aromatic carbocycles. The molecular formula is C8H13NO2S2. The van der Waals surface area contributed by atoms with Gasteiger partial charge in [0.25, 0.3) is 0 Å². The molecule has 0 bridgehead atoms. The Morgan fingerprint density at radius 2 is 2.46 bits per heavy atom. The number of rotatable bonds is 2. The van der Waals surface area contributed by atoms with Crippen molar-refractivity contribution in [2.24, 2.45) is 0 Å². The third kappa shape index (κ3) is 2.57. The lowest BCUT2D eigenvalue weighted by molar-refractivity contribution is -0.140. The van der Waals surface area contributed by atoms with E-state index in [2.05, 4.69) is 0 Å². The van der Waals surface area contributed by atoms with Crippen LogP contribution in [-0.2, 0) is 4.79 Å². The van der Waals surface area contributed by atoms with Crippen LogP contribution in [0.15, 0.2) is 0 Å². The lowest BCUT2D eigenvalue weighted by atomic mass is 10.2. The first-order chi connectivity index (χ1) is 6.16. The van der Waals surface area contributed by atoms with Crippen LogP contribution < -0.4 is 0 Å². The van der Waals surface area contributed by atoms with Gasteiger partial charge in [0.2, 0.25) is 0 Å². The maximum atomic E-state index is 10.8. The summed E-state index contributed by atoms with van der Waals surface area (Å²) >= 11 is 6.68. The van der Waals surface area contributed by atoms with Gasteiger partial charge in [0, 0.05) is 6.54 Å². The second kappa shape index (κ2) is 4.81. The van der Waals surface area contributed by atoms with Gasteiger partial charge in [-0.1, -0.05) is 30.9 Å². The summed E-state index contributed by atoms with van der Waals surface area (Å²) in [6.07, 6.45) is 1.65. The van der Waals surface area contributed by atoms with Crippen LogP contribution in [0.5, 0.6) is 0 Å². The van der Waals surface area contributed by atoms with Crippen LogP contribution in [0.1, 0.15) is 19.8 Å². The zero-order valence-electron chi connectivity index (χ0n) is 7.52. The molecule has 1 aliphatic heterocycles. The largest absolute Gasteiger partial charge is 0.480 e. The molecule has 13 heavy (non-hydrogen) atoms. The summed E-state index contributed by atoms with van der Waals surface area (Å²) < 4.78 is 0.729. The lowest BCUT2D eigenvalue weighted by Gasteiger charge is -2.22. The van der Waals surface area contributed by atoms with E-state index in [-0.39, 0.29) is 6.04 Å². The van der Waals surface area contributed by atoms with Crippen molar-refractivity contribution in [2.45, 2.75) is 25.8 Å². The van der Waals surface area contributed by atoms with Crippen LogP contribution in [0.2, 0.25) is 0 Å². The number of hydrogen-bond acceptors (Lipinski definition) is 3. The summed E-state index contributed by atoms with van der Waals surface area (Å²) in [6, 6.07) is -0.383. The van der Waals surface area contributed by atoms with Crippen LogP contribution in [-0.4, -0.2) is 38.6 Å². The quantitative estimate of drug-likeness (QED) is 0.714. The van der Waals surface area contributed by atoms with Gasteiger partial charge in [-0.2, -0.15) is 0 Å². The minimum atomic E-state index is -0.753. The molecule has 0 unspecified atom stereocenters. The standard InChI is InChI=1S/C8H13NO2S2/c1-2-13-8(12)9-5-3-4-6(9)7(10)11/h6H,2-5H2,1H3,(H,10,11)/t6-/m0/s1. The second-order valence-electron chi connectivity index (χ2n) is 2.89. The van der Waals surface area contributed by atoms with Crippen LogP contribution in [0.25, 0.3) is 0 Å². The molecule has 3 nitrogen and oxygen atoms in total. The highest BCUT2D eigenvalue weighted by Crippen LogP contribution is 2.22. The molecule has 0 aromatic rings. The average Bonchev–Trinajstić information content (AvgIpc) is 2.52. The van der Waals surface area contributed by atoms with E-state index >= 15 is 0 Å². The van der Waals surface area contributed by atoms with Gasteiger partial charge in [-0.05, 0) is 18.6 Å². The lowest BCUT2D eigenvalue weighted by Crippen LogP contribution is -2.38. The highest BCUT2D eigenvalue weighted by atomic mass is 32.2. The zero-order valence-corrected chi connectivity index (χ0v) is 9.16. The predicted octanol–water partition coefficient (Wildman–Crippen LogP) is 1.57. The Labute approximate surface area is 87.5 Å². The number of carboxylic acids is 1. The molecule has 1 atom stereocenters. The first-order valence-electron chi connectivity index (χ1n) is 4.33. The Balaban J connectivity index is 2.57. The average molecular weight is 219 g/mol. The van der Waals surface area contributed by atoms with Crippen molar-refractivity contribution in [2.75, 3.05) is 12.3 Å². The number of aliphatic carboxylic acids is 1. The molecule has 0 radical (unpaired) electrons. The summed E-state index contributed by atoms with van der Waals surface area (Å²) in [5, 5.41) is 8.89. The molecule has 1 aliphatic rings. The summed E-state index contributed by atoms with van der Waals surface area (Å²) in [7, 11) is 0. The van der Waals surface area contributed by atoms with Gasteiger partial charge in [0.15, 0.2) is 0 Å². The molecule has 0 aromatic heterocycles. The van der Waals surface area contributed by atoms with Gasteiger partial charge in [0.05, 0.1) is 0 Å². The van der Waals surface area contributed by atoms with E-state index in [1.165, 1.54) is 0 Å². The molecule has 1 rings (SSSR count). The number of likely N-dealkylation sites (tertiary alicyclic amines) is 1. The van der Waals surface area contributed by atoms with Gasteiger partial charge in [-0.25, -0.2) is 4.79 Å². The molecule has 0 spiro atoms. The third-order valence-corrected chi connectivity index (χ3v) is 3.40. The van der Waals surface area contributed by atoms with E-state index in [1.807, 2.05) is 11.8 Å². The summed E-state index contributed by atoms with van der Waals surface area (Å²) in [5.41, 5.74) is 0. The molecule has 1 heterocycles. The number of nitrogens with zero attached hydrogens (tertiary/aromatic N) is 1. The molecule has 1 fully saturated rings. The highest BCUT2D eigenvalue weighted by molar-refractivity contribution is 8.22. The highest BCUT2D eigenvalue weighted by Gasteiger charge is 2.31. The molecule has 1 N–H and O–H groups in total. The predicted molar refractivity (Wildman–Crippen MR) is 58.1 cm³/mol. The van der Waals surface area contributed by atoms with E-state index in [0.29, 0.717) is 0 Å².